The number of alkyl halides is 2. The predicted octanol–water partition coefficient (Wildman–Crippen LogP) is 3.92. The highest BCUT2D eigenvalue weighted by Crippen LogP contribution is 2.24. The van der Waals surface area contributed by atoms with Crippen molar-refractivity contribution in [2.24, 2.45) is 0 Å². The van der Waals surface area contributed by atoms with Gasteiger partial charge in [0.15, 0.2) is 0 Å². The summed E-state index contributed by atoms with van der Waals surface area (Å²) in [6, 6.07) is 1.15. The first-order chi connectivity index (χ1) is 10.6. The zero-order chi connectivity index (χ0) is 17.6. The van der Waals surface area contributed by atoms with Crippen LogP contribution in [0.4, 0.5) is 19.4 Å². The van der Waals surface area contributed by atoms with Gasteiger partial charge >= 0.3 is 6.09 Å². The molecule has 0 spiro atoms. The Morgan fingerprint density at radius 3 is 2.70 bits per heavy atom. The summed E-state index contributed by atoms with van der Waals surface area (Å²) < 4.78 is 30.6. The van der Waals surface area contributed by atoms with Crippen molar-refractivity contribution >= 4 is 18.0 Å². The topological polar surface area (TPSA) is 77.2 Å². The molecule has 0 saturated heterocycles. The van der Waals surface area contributed by atoms with Gasteiger partial charge in [-0.05, 0) is 45.7 Å². The fourth-order valence-corrected chi connectivity index (χ4v) is 1.75. The highest BCUT2D eigenvalue weighted by Gasteiger charge is 2.17. The Kier molecular flexibility index (Phi) is 6.48. The Hall–Kier alpha value is -2.18. The number of aromatic nitrogens is 1. The molecule has 1 atom stereocenters. The lowest BCUT2D eigenvalue weighted by molar-refractivity contribution is 0.0509. The van der Waals surface area contributed by atoms with Gasteiger partial charge in [-0.3, -0.25) is 0 Å². The van der Waals surface area contributed by atoms with Gasteiger partial charge in [-0.15, -0.1) is 0 Å². The standard InChI is InChI=1S/C16H23F2N3O2/c1-10(21-15(22)23-16(2,3)4)6-5-7-11-8-12(13(17)18)14(19)20-9-11/h5,7-10,13H,6H2,1-4H3,(H2,19,20)(H,21,22)/b7-5+/t10-/m0/s1. The minimum atomic E-state index is -2.66. The van der Waals surface area contributed by atoms with Crippen molar-refractivity contribution in [3.05, 3.63) is 29.5 Å². The maximum atomic E-state index is 12.7. The maximum absolute atomic E-state index is 12.7. The zero-order valence-electron chi connectivity index (χ0n) is 13.8. The van der Waals surface area contributed by atoms with Gasteiger partial charge < -0.3 is 15.8 Å². The molecule has 0 bridgehead atoms. The summed E-state index contributed by atoms with van der Waals surface area (Å²) in [5.74, 6) is -0.169. The summed E-state index contributed by atoms with van der Waals surface area (Å²) >= 11 is 0. The van der Waals surface area contributed by atoms with Crippen molar-refractivity contribution in [3.63, 3.8) is 0 Å². The first-order valence-electron chi connectivity index (χ1n) is 7.28. The molecule has 1 heterocycles. The molecule has 0 aliphatic carbocycles. The molecule has 5 nitrogen and oxygen atoms in total. The Bertz CT molecular complexity index is 569. The van der Waals surface area contributed by atoms with Gasteiger partial charge in [0.1, 0.15) is 11.4 Å². The molecule has 0 fully saturated rings. The van der Waals surface area contributed by atoms with Crippen LogP contribution < -0.4 is 11.1 Å². The minimum absolute atomic E-state index is 0.155. The molecule has 0 aliphatic rings. The summed E-state index contributed by atoms with van der Waals surface area (Å²) in [5.41, 5.74) is 5.08. The molecule has 128 valence electrons. The van der Waals surface area contributed by atoms with Gasteiger partial charge in [0.2, 0.25) is 0 Å². The van der Waals surface area contributed by atoms with Gasteiger partial charge in [-0.25, -0.2) is 18.6 Å². The van der Waals surface area contributed by atoms with Crippen LogP contribution in [-0.2, 0) is 4.74 Å². The molecular weight excluding hydrogens is 304 g/mol. The summed E-state index contributed by atoms with van der Waals surface area (Å²) in [5, 5.41) is 2.69. The van der Waals surface area contributed by atoms with E-state index < -0.39 is 18.1 Å². The van der Waals surface area contributed by atoms with Gasteiger partial charge in [0.25, 0.3) is 6.43 Å². The third-order valence-electron chi connectivity index (χ3n) is 2.77. The van der Waals surface area contributed by atoms with Gasteiger partial charge in [-0.1, -0.05) is 12.2 Å². The molecular formula is C16H23F2N3O2. The fourth-order valence-electron chi connectivity index (χ4n) is 1.75. The van der Waals surface area contributed by atoms with E-state index in [9.17, 15) is 13.6 Å². The lowest BCUT2D eigenvalue weighted by Gasteiger charge is -2.21. The first-order valence-corrected chi connectivity index (χ1v) is 7.28. The lowest BCUT2D eigenvalue weighted by atomic mass is 10.1. The third kappa shape index (κ3) is 7.08. The van der Waals surface area contributed by atoms with Crippen LogP contribution in [0, 0.1) is 0 Å². The molecule has 0 saturated carbocycles. The fraction of sp³-hybridized carbons (Fsp3) is 0.500. The number of halogens is 2. The molecule has 1 amide bonds. The van der Waals surface area contributed by atoms with Crippen LogP contribution in [0.25, 0.3) is 6.08 Å². The highest BCUT2D eigenvalue weighted by molar-refractivity contribution is 5.68. The number of hydrogen-bond donors (Lipinski definition) is 2. The quantitative estimate of drug-likeness (QED) is 0.859. The Morgan fingerprint density at radius 1 is 1.48 bits per heavy atom. The zero-order valence-corrected chi connectivity index (χ0v) is 13.8. The number of alkyl carbamates (subject to hydrolysis) is 1. The number of amides is 1. The van der Waals surface area contributed by atoms with E-state index in [1.54, 1.807) is 32.9 Å². The Labute approximate surface area is 134 Å². The van der Waals surface area contributed by atoms with Crippen molar-refractivity contribution in [2.45, 2.75) is 52.2 Å². The first kappa shape index (κ1) is 18.9. The van der Waals surface area contributed by atoms with Crippen LogP contribution in [0.1, 0.15) is 51.7 Å². The summed E-state index contributed by atoms with van der Waals surface area (Å²) in [4.78, 5) is 15.3. The van der Waals surface area contributed by atoms with Crippen LogP contribution in [0.15, 0.2) is 18.3 Å². The second-order valence-electron chi connectivity index (χ2n) is 6.23. The van der Waals surface area contributed by atoms with Crippen molar-refractivity contribution in [1.29, 1.82) is 0 Å². The number of nitrogens with zero attached hydrogens (tertiary/aromatic N) is 1. The van der Waals surface area contributed by atoms with Gasteiger partial charge in [0, 0.05) is 12.2 Å². The molecule has 3 N–H and O–H groups in total. The second-order valence-corrected chi connectivity index (χ2v) is 6.23. The predicted molar refractivity (Wildman–Crippen MR) is 86.1 cm³/mol. The van der Waals surface area contributed by atoms with Gasteiger partial charge in [-0.2, -0.15) is 0 Å². The summed E-state index contributed by atoms with van der Waals surface area (Å²) in [6.07, 6.45) is 2.21. The van der Waals surface area contributed by atoms with Crippen molar-refractivity contribution in [2.75, 3.05) is 5.73 Å². The van der Waals surface area contributed by atoms with E-state index in [1.807, 2.05) is 6.92 Å². The van der Waals surface area contributed by atoms with Crippen LogP contribution in [0.2, 0.25) is 0 Å². The van der Waals surface area contributed by atoms with E-state index in [0.717, 1.165) is 0 Å². The van der Waals surface area contributed by atoms with E-state index in [0.29, 0.717) is 12.0 Å². The number of rotatable bonds is 5. The molecule has 0 aromatic carbocycles. The minimum Gasteiger partial charge on any atom is -0.444 e. The summed E-state index contributed by atoms with van der Waals surface area (Å²) in [7, 11) is 0. The molecule has 7 heteroatoms. The number of nitrogens with two attached hydrogens (primary N) is 1. The average molecular weight is 327 g/mol. The third-order valence-corrected chi connectivity index (χ3v) is 2.77. The second kappa shape index (κ2) is 7.89. The molecule has 23 heavy (non-hydrogen) atoms. The van der Waals surface area contributed by atoms with Crippen molar-refractivity contribution < 1.29 is 18.3 Å². The average Bonchev–Trinajstić information content (AvgIpc) is 2.37. The van der Waals surface area contributed by atoms with E-state index in [4.69, 9.17) is 10.5 Å². The summed E-state index contributed by atoms with van der Waals surface area (Å²) in [6.45, 7) is 7.17. The SMILES string of the molecule is C[C@@H](C/C=C/c1cnc(N)c(C(F)F)c1)NC(=O)OC(C)(C)C. The van der Waals surface area contributed by atoms with E-state index in [2.05, 4.69) is 10.3 Å². The van der Waals surface area contributed by atoms with Crippen LogP contribution in [0.5, 0.6) is 0 Å². The molecule has 1 aromatic rings. The maximum Gasteiger partial charge on any atom is 0.407 e. The number of carbonyl (C=O) groups is 1. The number of hydrogen-bond acceptors (Lipinski definition) is 4. The van der Waals surface area contributed by atoms with Crippen LogP contribution >= 0.6 is 0 Å². The monoisotopic (exact) mass is 327 g/mol. The number of ether oxygens (including phenoxy) is 1. The molecule has 0 unspecified atom stereocenters. The molecule has 0 aliphatic heterocycles. The smallest absolute Gasteiger partial charge is 0.407 e. The van der Waals surface area contributed by atoms with Gasteiger partial charge in [0.05, 0.1) is 5.56 Å². The number of carbonyl (C=O) groups excluding carboxylic acids is 1. The van der Waals surface area contributed by atoms with Crippen LogP contribution in [-0.4, -0.2) is 22.7 Å². The Morgan fingerprint density at radius 2 is 2.13 bits per heavy atom. The number of nitrogen functional groups attached to an aromatic ring is 1. The normalized spacial score (nSPS) is 13.3. The lowest BCUT2D eigenvalue weighted by Crippen LogP contribution is -2.37. The van der Waals surface area contributed by atoms with Crippen LogP contribution in [0.3, 0.4) is 0 Å². The van der Waals surface area contributed by atoms with E-state index in [1.165, 1.54) is 12.3 Å². The van der Waals surface area contributed by atoms with E-state index >= 15 is 0 Å². The molecule has 1 rings (SSSR count). The largest absolute Gasteiger partial charge is 0.444 e. The molecule has 1 aromatic heterocycles. The number of pyridine rings is 1. The van der Waals surface area contributed by atoms with Crippen molar-refractivity contribution in [3.8, 4) is 0 Å². The Balaban J connectivity index is 2.56. The molecule has 0 radical (unpaired) electrons. The highest BCUT2D eigenvalue weighted by atomic mass is 19.3. The van der Waals surface area contributed by atoms with Crippen molar-refractivity contribution in [1.82, 2.24) is 10.3 Å². The number of nitrogens with one attached hydrogen (secondary N) is 1. The number of anilines is 1. The van der Waals surface area contributed by atoms with E-state index in [-0.39, 0.29) is 17.4 Å².